The average molecular weight is 366 g/mol. The van der Waals surface area contributed by atoms with Crippen LogP contribution in [0.4, 0.5) is 15.5 Å². The monoisotopic (exact) mass is 366 g/mol. The van der Waals surface area contributed by atoms with Gasteiger partial charge < -0.3 is 16.0 Å². The van der Waals surface area contributed by atoms with Crippen LogP contribution in [0.25, 0.3) is 0 Å². The Morgan fingerprint density at radius 2 is 1.54 bits per heavy atom. The third kappa shape index (κ3) is 10.3. The summed E-state index contributed by atoms with van der Waals surface area (Å²) in [6.07, 6.45) is 5.73. The van der Waals surface area contributed by atoms with Crippen LogP contribution in [-0.4, -0.2) is 41.7 Å². The summed E-state index contributed by atoms with van der Waals surface area (Å²) in [5, 5.41) is 10.8. The maximum absolute atomic E-state index is 11.7. The number of carbonyl (C=O) groups excluding carboxylic acids is 2. The predicted octanol–water partition coefficient (Wildman–Crippen LogP) is 1.86. The lowest BCUT2D eigenvalue weighted by Crippen LogP contribution is -2.36. The van der Waals surface area contributed by atoms with Gasteiger partial charge in [0.25, 0.3) is 5.56 Å². The van der Waals surface area contributed by atoms with Crippen molar-refractivity contribution in [2.24, 2.45) is 0 Å². The minimum atomic E-state index is -0.399. The fourth-order valence-electron chi connectivity index (χ4n) is 2.24. The molecule has 5 N–H and O–H groups in total. The van der Waals surface area contributed by atoms with E-state index in [0.29, 0.717) is 25.3 Å². The van der Waals surface area contributed by atoms with Gasteiger partial charge in [-0.3, -0.25) is 15.1 Å². The summed E-state index contributed by atoms with van der Waals surface area (Å²) in [6.45, 7) is 5.66. The standard InChI is InChI=1S/C17H30N6O3/c1-3-4-9-18-16(25)19-10-7-5-6-8-11-20-17(26)23-15-21-13(2)12-14(24)22-15/h12H,3-11H2,1-2H3,(H2,18,19,25)(H3,20,21,22,23,24,26). The van der Waals surface area contributed by atoms with Crippen LogP contribution in [0, 0.1) is 6.92 Å². The number of unbranched alkanes of at least 4 members (excludes halogenated alkanes) is 4. The fourth-order valence-corrected chi connectivity index (χ4v) is 2.24. The molecule has 4 amide bonds. The molecule has 26 heavy (non-hydrogen) atoms. The third-order valence-electron chi connectivity index (χ3n) is 3.59. The highest BCUT2D eigenvalue weighted by Crippen LogP contribution is 1.99. The first kappa shape index (κ1) is 21.5. The van der Waals surface area contributed by atoms with Crippen molar-refractivity contribution in [2.75, 3.05) is 25.0 Å². The maximum atomic E-state index is 11.7. The quantitative estimate of drug-likeness (QED) is 0.383. The maximum Gasteiger partial charge on any atom is 0.321 e. The van der Waals surface area contributed by atoms with Crippen LogP contribution >= 0.6 is 0 Å². The molecule has 0 fully saturated rings. The first-order valence-corrected chi connectivity index (χ1v) is 9.15. The molecule has 0 aromatic carbocycles. The molecular weight excluding hydrogens is 336 g/mol. The van der Waals surface area contributed by atoms with Gasteiger partial charge in [0.05, 0.1) is 0 Å². The molecular formula is C17H30N6O3. The van der Waals surface area contributed by atoms with Crippen LogP contribution in [0.5, 0.6) is 0 Å². The van der Waals surface area contributed by atoms with E-state index in [1.807, 2.05) is 0 Å². The van der Waals surface area contributed by atoms with E-state index in [1.165, 1.54) is 6.07 Å². The summed E-state index contributed by atoms with van der Waals surface area (Å²) in [4.78, 5) is 40.9. The number of nitrogens with one attached hydrogen (secondary N) is 5. The van der Waals surface area contributed by atoms with Gasteiger partial charge in [-0.05, 0) is 26.2 Å². The summed E-state index contributed by atoms with van der Waals surface area (Å²) in [5.41, 5.74) is 0.233. The highest BCUT2D eigenvalue weighted by atomic mass is 16.2. The number of urea groups is 2. The highest BCUT2D eigenvalue weighted by Gasteiger charge is 2.04. The molecule has 0 aliphatic heterocycles. The normalized spacial score (nSPS) is 10.2. The summed E-state index contributed by atoms with van der Waals surface area (Å²) < 4.78 is 0. The largest absolute Gasteiger partial charge is 0.338 e. The second-order valence-electron chi connectivity index (χ2n) is 6.07. The Balaban J connectivity index is 2.00. The zero-order valence-corrected chi connectivity index (χ0v) is 15.6. The number of aromatic amines is 1. The van der Waals surface area contributed by atoms with Crippen LogP contribution in [0.2, 0.25) is 0 Å². The molecule has 0 bridgehead atoms. The lowest BCUT2D eigenvalue weighted by atomic mass is 10.2. The first-order valence-electron chi connectivity index (χ1n) is 9.15. The van der Waals surface area contributed by atoms with Gasteiger partial charge in [0.2, 0.25) is 5.95 Å². The molecule has 9 nitrogen and oxygen atoms in total. The molecule has 1 aromatic rings. The smallest absolute Gasteiger partial charge is 0.321 e. The second-order valence-corrected chi connectivity index (χ2v) is 6.07. The second kappa shape index (κ2) is 12.7. The molecule has 0 unspecified atom stereocenters. The number of amides is 4. The van der Waals surface area contributed by atoms with Gasteiger partial charge in [0, 0.05) is 31.4 Å². The molecule has 9 heteroatoms. The topological polar surface area (TPSA) is 128 Å². The van der Waals surface area contributed by atoms with Crippen molar-refractivity contribution in [3.8, 4) is 0 Å². The van der Waals surface area contributed by atoms with E-state index in [2.05, 4.69) is 38.2 Å². The zero-order chi connectivity index (χ0) is 19.2. The number of H-pyrrole nitrogens is 1. The molecule has 146 valence electrons. The van der Waals surface area contributed by atoms with E-state index in [4.69, 9.17) is 0 Å². The number of hydrogen-bond donors (Lipinski definition) is 5. The zero-order valence-electron chi connectivity index (χ0n) is 15.6. The number of nitrogens with zero attached hydrogens (tertiary/aromatic N) is 1. The number of rotatable bonds is 11. The minimum absolute atomic E-state index is 0.111. The molecule has 1 heterocycles. The Labute approximate surface area is 153 Å². The predicted molar refractivity (Wildman–Crippen MR) is 101 cm³/mol. The van der Waals surface area contributed by atoms with Gasteiger partial charge in [-0.2, -0.15) is 0 Å². The number of aryl methyl sites for hydroxylation is 1. The summed E-state index contributed by atoms with van der Waals surface area (Å²) >= 11 is 0. The van der Waals surface area contributed by atoms with Crippen LogP contribution in [0.15, 0.2) is 10.9 Å². The van der Waals surface area contributed by atoms with Crippen molar-refractivity contribution in [1.29, 1.82) is 0 Å². The molecule has 0 aliphatic rings. The number of anilines is 1. The Kier molecular flexibility index (Phi) is 10.5. The Bertz CT molecular complexity index is 617. The molecule has 1 rings (SSSR count). The van der Waals surface area contributed by atoms with E-state index >= 15 is 0 Å². The number of hydrogen-bond acceptors (Lipinski definition) is 4. The SMILES string of the molecule is CCCCNC(=O)NCCCCCCNC(=O)Nc1nc(C)cc(=O)[nH]1. The van der Waals surface area contributed by atoms with Crippen LogP contribution in [-0.2, 0) is 0 Å². The van der Waals surface area contributed by atoms with Gasteiger partial charge in [0.15, 0.2) is 0 Å². The molecule has 0 radical (unpaired) electrons. The van der Waals surface area contributed by atoms with Gasteiger partial charge in [-0.15, -0.1) is 0 Å². The molecule has 0 atom stereocenters. The summed E-state index contributed by atoms with van der Waals surface area (Å²) in [5.74, 6) is 0.135. The van der Waals surface area contributed by atoms with E-state index in [1.54, 1.807) is 6.92 Å². The Morgan fingerprint density at radius 1 is 0.962 bits per heavy atom. The van der Waals surface area contributed by atoms with Crippen molar-refractivity contribution in [1.82, 2.24) is 25.9 Å². The van der Waals surface area contributed by atoms with Crippen molar-refractivity contribution in [3.63, 3.8) is 0 Å². The average Bonchev–Trinajstić information content (AvgIpc) is 2.56. The van der Waals surface area contributed by atoms with Crippen LogP contribution < -0.4 is 26.8 Å². The molecule has 0 spiro atoms. The third-order valence-corrected chi connectivity index (χ3v) is 3.59. The fraction of sp³-hybridized carbons (Fsp3) is 0.647. The lowest BCUT2D eigenvalue weighted by molar-refractivity contribution is 0.240. The molecule has 0 saturated carbocycles. The van der Waals surface area contributed by atoms with Gasteiger partial charge in [0.1, 0.15) is 0 Å². The van der Waals surface area contributed by atoms with Crippen molar-refractivity contribution >= 4 is 18.0 Å². The summed E-state index contributed by atoms with van der Waals surface area (Å²) in [6, 6.07) is 0.844. The Hall–Kier alpha value is -2.58. The van der Waals surface area contributed by atoms with Crippen molar-refractivity contribution in [2.45, 2.75) is 52.4 Å². The molecule has 0 saturated heterocycles. The Morgan fingerprint density at radius 3 is 2.12 bits per heavy atom. The number of carbonyl (C=O) groups is 2. The summed E-state index contributed by atoms with van der Waals surface area (Å²) in [7, 11) is 0. The van der Waals surface area contributed by atoms with E-state index in [0.717, 1.165) is 38.5 Å². The van der Waals surface area contributed by atoms with Gasteiger partial charge in [-0.25, -0.2) is 14.6 Å². The van der Waals surface area contributed by atoms with Crippen molar-refractivity contribution in [3.05, 3.63) is 22.1 Å². The minimum Gasteiger partial charge on any atom is -0.338 e. The van der Waals surface area contributed by atoms with E-state index in [9.17, 15) is 14.4 Å². The number of aromatic nitrogens is 2. The van der Waals surface area contributed by atoms with E-state index < -0.39 is 6.03 Å². The molecule has 0 aliphatic carbocycles. The van der Waals surface area contributed by atoms with Crippen LogP contribution in [0.3, 0.4) is 0 Å². The van der Waals surface area contributed by atoms with Gasteiger partial charge in [-0.1, -0.05) is 26.2 Å². The lowest BCUT2D eigenvalue weighted by Gasteiger charge is -2.08. The van der Waals surface area contributed by atoms with Gasteiger partial charge >= 0.3 is 12.1 Å². The highest BCUT2D eigenvalue weighted by molar-refractivity contribution is 5.87. The first-order chi connectivity index (χ1) is 12.5. The van der Waals surface area contributed by atoms with Crippen LogP contribution in [0.1, 0.15) is 51.1 Å². The molecule has 1 aromatic heterocycles. The van der Waals surface area contributed by atoms with E-state index in [-0.39, 0.29) is 17.5 Å². The van der Waals surface area contributed by atoms with Crippen molar-refractivity contribution < 1.29 is 9.59 Å².